The zero-order valence-electron chi connectivity index (χ0n) is 12.8. The number of halogens is 1. The molecule has 2 aliphatic rings. The van der Waals surface area contributed by atoms with E-state index in [0.29, 0.717) is 21.9 Å². The Bertz CT molecular complexity index is 523. The molecule has 1 N–H and O–H groups in total. The summed E-state index contributed by atoms with van der Waals surface area (Å²) in [6.07, 6.45) is 4.06. The van der Waals surface area contributed by atoms with E-state index < -0.39 is 0 Å². The molecule has 3 heteroatoms. The first-order valence-corrected chi connectivity index (χ1v) is 7.85. The molecular formula is C17H24ClNO. The quantitative estimate of drug-likeness (QED) is 0.849. The SMILES string of the molecule is COc1ccc(NC2C(C)(C)[C@H]3CC[C@]2(C)C3)cc1Cl. The van der Waals surface area contributed by atoms with Gasteiger partial charge in [0, 0.05) is 11.7 Å². The Morgan fingerprint density at radius 3 is 2.60 bits per heavy atom. The highest BCUT2D eigenvalue weighted by Gasteiger charge is 2.59. The van der Waals surface area contributed by atoms with Crippen molar-refractivity contribution in [3.63, 3.8) is 0 Å². The van der Waals surface area contributed by atoms with E-state index in [0.717, 1.165) is 17.4 Å². The molecule has 110 valence electrons. The lowest BCUT2D eigenvalue weighted by Gasteiger charge is -2.43. The van der Waals surface area contributed by atoms with Crippen LogP contribution in [0.1, 0.15) is 40.0 Å². The molecule has 1 unspecified atom stereocenters. The van der Waals surface area contributed by atoms with E-state index >= 15 is 0 Å². The van der Waals surface area contributed by atoms with Crippen LogP contribution in [0, 0.1) is 16.7 Å². The topological polar surface area (TPSA) is 21.3 Å². The van der Waals surface area contributed by atoms with Gasteiger partial charge in [0.2, 0.25) is 0 Å². The van der Waals surface area contributed by atoms with Crippen LogP contribution in [0.4, 0.5) is 5.69 Å². The number of benzene rings is 1. The standard InChI is InChI=1S/C17H24ClNO/c1-16(2)11-7-8-17(3,10-11)15(16)19-12-5-6-14(20-4)13(18)9-12/h5-6,9,11,15,19H,7-8,10H2,1-4H3/t11-,15?,17+/m0/s1. The van der Waals surface area contributed by atoms with Crippen LogP contribution in [0.2, 0.25) is 5.02 Å². The highest BCUT2D eigenvalue weighted by molar-refractivity contribution is 6.32. The largest absolute Gasteiger partial charge is 0.495 e. The van der Waals surface area contributed by atoms with Gasteiger partial charge in [-0.15, -0.1) is 0 Å². The number of fused-ring (bicyclic) bond motifs is 2. The fourth-order valence-electron chi connectivity index (χ4n) is 4.59. The Labute approximate surface area is 126 Å². The molecular weight excluding hydrogens is 270 g/mol. The van der Waals surface area contributed by atoms with E-state index in [4.69, 9.17) is 16.3 Å². The molecule has 0 spiro atoms. The minimum Gasteiger partial charge on any atom is -0.495 e. The van der Waals surface area contributed by atoms with Gasteiger partial charge in [-0.2, -0.15) is 0 Å². The van der Waals surface area contributed by atoms with E-state index in [9.17, 15) is 0 Å². The normalized spacial score (nSPS) is 34.2. The Morgan fingerprint density at radius 1 is 1.30 bits per heavy atom. The predicted molar refractivity (Wildman–Crippen MR) is 84.6 cm³/mol. The van der Waals surface area contributed by atoms with Crippen molar-refractivity contribution in [3.05, 3.63) is 23.2 Å². The number of nitrogens with one attached hydrogen (secondary N) is 1. The summed E-state index contributed by atoms with van der Waals surface area (Å²) in [5.74, 6) is 1.58. The maximum Gasteiger partial charge on any atom is 0.137 e. The van der Waals surface area contributed by atoms with Crippen LogP contribution >= 0.6 is 11.6 Å². The van der Waals surface area contributed by atoms with Crippen molar-refractivity contribution >= 4 is 17.3 Å². The van der Waals surface area contributed by atoms with Gasteiger partial charge in [0.15, 0.2) is 0 Å². The summed E-state index contributed by atoms with van der Waals surface area (Å²) < 4.78 is 5.22. The third-order valence-electron chi connectivity index (χ3n) is 5.73. The van der Waals surface area contributed by atoms with Crippen LogP contribution in [0.25, 0.3) is 0 Å². The van der Waals surface area contributed by atoms with Crippen LogP contribution < -0.4 is 10.1 Å². The van der Waals surface area contributed by atoms with Gasteiger partial charge in [0.05, 0.1) is 12.1 Å². The maximum atomic E-state index is 6.23. The van der Waals surface area contributed by atoms with Crippen molar-refractivity contribution in [1.82, 2.24) is 0 Å². The molecule has 0 saturated heterocycles. The van der Waals surface area contributed by atoms with Crippen LogP contribution in [0.3, 0.4) is 0 Å². The summed E-state index contributed by atoms with van der Waals surface area (Å²) >= 11 is 6.23. The van der Waals surface area contributed by atoms with Gasteiger partial charge in [0.1, 0.15) is 5.75 Å². The molecule has 3 atom stereocenters. The van der Waals surface area contributed by atoms with Crippen molar-refractivity contribution < 1.29 is 4.74 Å². The zero-order valence-corrected chi connectivity index (χ0v) is 13.6. The lowest BCUT2D eigenvalue weighted by Crippen LogP contribution is -2.45. The number of rotatable bonds is 3. The molecule has 1 aromatic carbocycles. The van der Waals surface area contributed by atoms with Gasteiger partial charge in [-0.3, -0.25) is 0 Å². The van der Waals surface area contributed by atoms with Gasteiger partial charge in [0.25, 0.3) is 0 Å². The average molecular weight is 294 g/mol. The Hall–Kier alpha value is -0.890. The van der Waals surface area contributed by atoms with Gasteiger partial charge in [-0.25, -0.2) is 0 Å². The summed E-state index contributed by atoms with van der Waals surface area (Å²) in [7, 11) is 1.65. The Kier molecular flexibility index (Phi) is 3.20. The average Bonchev–Trinajstić information content (AvgIpc) is 2.86. The lowest BCUT2D eigenvalue weighted by molar-refractivity contribution is 0.155. The number of ether oxygens (including phenoxy) is 1. The van der Waals surface area contributed by atoms with Crippen LogP contribution in [-0.2, 0) is 0 Å². The number of hydrogen-bond acceptors (Lipinski definition) is 2. The molecule has 2 fully saturated rings. The Balaban J connectivity index is 1.86. The molecule has 0 heterocycles. The van der Waals surface area contributed by atoms with E-state index in [1.54, 1.807) is 7.11 Å². The van der Waals surface area contributed by atoms with Gasteiger partial charge in [-0.1, -0.05) is 32.4 Å². The molecule has 0 radical (unpaired) electrons. The summed E-state index contributed by atoms with van der Waals surface area (Å²) in [6, 6.07) is 6.49. The number of anilines is 1. The van der Waals surface area contributed by atoms with Crippen molar-refractivity contribution in [1.29, 1.82) is 0 Å². The highest BCUT2D eigenvalue weighted by Crippen LogP contribution is 2.63. The first kappa shape index (κ1) is 14.1. The molecule has 0 aliphatic heterocycles. The van der Waals surface area contributed by atoms with Crippen LogP contribution in [0.15, 0.2) is 18.2 Å². The fraction of sp³-hybridized carbons (Fsp3) is 0.647. The van der Waals surface area contributed by atoms with Gasteiger partial charge >= 0.3 is 0 Å². The second kappa shape index (κ2) is 4.56. The molecule has 2 bridgehead atoms. The maximum absolute atomic E-state index is 6.23. The molecule has 0 aromatic heterocycles. The zero-order chi connectivity index (χ0) is 14.5. The van der Waals surface area contributed by atoms with E-state index in [1.165, 1.54) is 19.3 Å². The van der Waals surface area contributed by atoms with E-state index in [1.807, 2.05) is 12.1 Å². The minimum atomic E-state index is 0.347. The molecule has 0 amide bonds. The summed E-state index contributed by atoms with van der Waals surface area (Å²) in [5, 5.41) is 4.43. The summed E-state index contributed by atoms with van der Waals surface area (Å²) in [6.45, 7) is 7.25. The van der Waals surface area contributed by atoms with E-state index in [2.05, 4.69) is 32.2 Å². The first-order chi connectivity index (χ1) is 9.37. The third-order valence-corrected chi connectivity index (χ3v) is 6.03. The molecule has 2 nitrogen and oxygen atoms in total. The minimum absolute atomic E-state index is 0.347. The van der Waals surface area contributed by atoms with Crippen molar-refractivity contribution in [2.75, 3.05) is 12.4 Å². The number of hydrogen-bond donors (Lipinski definition) is 1. The first-order valence-electron chi connectivity index (χ1n) is 7.47. The van der Waals surface area contributed by atoms with Gasteiger partial charge in [-0.05, 0) is 54.2 Å². The molecule has 2 aliphatic carbocycles. The Morgan fingerprint density at radius 2 is 2.05 bits per heavy atom. The monoisotopic (exact) mass is 293 g/mol. The highest BCUT2D eigenvalue weighted by atomic mass is 35.5. The van der Waals surface area contributed by atoms with Crippen molar-refractivity contribution in [2.45, 2.75) is 46.1 Å². The molecule has 1 aromatic rings. The molecule has 2 saturated carbocycles. The fourth-order valence-corrected chi connectivity index (χ4v) is 4.84. The molecule has 20 heavy (non-hydrogen) atoms. The van der Waals surface area contributed by atoms with Crippen molar-refractivity contribution in [2.24, 2.45) is 16.7 Å². The summed E-state index contributed by atoms with van der Waals surface area (Å²) in [4.78, 5) is 0. The van der Waals surface area contributed by atoms with Crippen molar-refractivity contribution in [3.8, 4) is 5.75 Å². The lowest BCUT2D eigenvalue weighted by atomic mass is 9.68. The smallest absolute Gasteiger partial charge is 0.137 e. The molecule has 3 rings (SSSR count). The van der Waals surface area contributed by atoms with E-state index in [-0.39, 0.29) is 0 Å². The third kappa shape index (κ3) is 2.00. The number of methoxy groups -OCH3 is 1. The second-order valence-corrected chi connectivity index (χ2v) is 7.75. The predicted octanol–water partition coefficient (Wildman–Crippen LogP) is 4.98. The van der Waals surface area contributed by atoms with Gasteiger partial charge < -0.3 is 10.1 Å². The second-order valence-electron chi connectivity index (χ2n) is 7.34. The summed E-state index contributed by atoms with van der Waals surface area (Å²) in [5.41, 5.74) is 1.86. The van der Waals surface area contributed by atoms with Crippen LogP contribution in [-0.4, -0.2) is 13.2 Å². The van der Waals surface area contributed by atoms with Crippen LogP contribution in [0.5, 0.6) is 5.75 Å².